The van der Waals surface area contributed by atoms with Crippen LogP contribution in [-0.4, -0.2) is 37.8 Å². The van der Waals surface area contributed by atoms with E-state index in [1.165, 1.54) is 25.1 Å². The summed E-state index contributed by atoms with van der Waals surface area (Å²) in [5.74, 6) is -0.648. The molecule has 2 amide bonds. The monoisotopic (exact) mass is 301 g/mol. The van der Waals surface area contributed by atoms with Gasteiger partial charge in [0, 0.05) is 6.26 Å². The maximum atomic E-state index is 11.7. The van der Waals surface area contributed by atoms with Crippen LogP contribution in [0.25, 0.3) is 0 Å². The van der Waals surface area contributed by atoms with Crippen LogP contribution in [0, 0.1) is 0 Å². The van der Waals surface area contributed by atoms with Crippen LogP contribution in [0.5, 0.6) is 0 Å². The Hall–Kier alpha value is -2.29. The summed E-state index contributed by atoms with van der Waals surface area (Å²) in [6.07, 6.45) is -0.343. The first kappa shape index (κ1) is 15.8. The van der Waals surface area contributed by atoms with Crippen molar-refractivity contribution in [3.05, 3.63) is 18.2 Å². The molecule has 0 aliphatic heterocycles. The van der Waals surface area contributed by atoms with Crippen molar-refractivity contribution in [3.63, 3.8) is 0 Å². The normalized spacial score (nSPS) is 12.5. The molecule has 5 N–H and O–H groups in total. The van der Waals surface area contributed by atoms with E-state index in [1.54, 1.807) is 0 Å². The van der Waals surface area contributed by atoms with Crippen LogP contribution in [0.2, 0.25) is 0 Å². The molecule has 20 heavy (non-hydrogen) atoms. The van der Waals surface area contributed by atoms with Crippen molar-refractivity contribution >= 4 is 33.2 Å². The number of amides is 2. The van der Waals surface area contributed by atoms with E-state index in [9.17, 15) is 18.0 Å². The number of nitrogens with one attached hydrogen (secondary N) is 2. The van der Waals surface area contributed by atoms with E-state index in [-0.39, 0.29) is 16.3 Å². The third-order valence-corrected chi connectivity index (χ3v) is 3.61. The van der Waals surface area contributed by atoms with Crippen LogP contribution in [0.3, 0.4) is 0 Å². The Labute approximate surface area is 115 Å². The van der Waals surface area contributed by atoms with Crippen molar-refractivity contribution in [1.82, 2.24) is 5.32 Å². The van der Waals surface area contributed by atoms with Gasteiger partial charge >= 0.3 is 6.09 Å². The lowest BCUT2D eigenvalue weighted by Gasteiger charge is -2.14. The second kappa shape index (κ2) is 5.78. The number of nitrogen functional groups attached to an aromatic ring is 1. The molecule has 1 rings (SSSR count). The van der Waals surface area contributed by atoms with Crippen molar-refractivity contribution in [1.29, 1.82) is 0 Å². The SMILES string of the molecule is CC(NC(=O)O)C(=O)Nc1cccc(S(C)(=O)=O)c1N. The third kappa shape index (κ3) is 3.85. The van der Waals surface area contributed by atoms with E-state index in [1.807, 2.05) is 5.32 Å². The van der Waals surface area contributed by atoms with Gasteiger partial charge in [0.1, 0.15) is 6.04 Å². The smallest absolute Gasteiger partial charge is 0.405 e. The zero-order valence-electron chi connectivity index (χ0n) is 10.9. The largest absolute Gasteiger partial charge is 0.465 e. The Balaban J connectivity index is 3.00. The standard InChI is InChI=1S/C11H15N3O5S/c1-6(13-11(16)17)10(15)14-7-4-3-5-8(9(7)12)20(2,18)19/h3-6,13H,12H2,1-2H3,(H,14,15)(H,16,17). The highest BCUT2D eigenvalue weighted by Gasteiger charge is 2.19. The fraction of sp³-hybridized carbons (Fsp3) is 0.273. The summed E-state index contributed by atoms with van der Waals surface area (Å²) in [6.45, 7) is 1.35. The predicted octanol–water partition coefficient (Wildman–Crippen LogP) is 0.267. The number of carbonyl (C=O) groups is 2. The van der Waals surface area contributed by atoms with Gasteiger partial charge in [-0.25, -0.2) is 13.2 Å². The van der Waals surface area contributed by atoms with Gasteiger partial charge < -0.3 is 21.5 Å². The van der Waals surface area contributed by atoms with Gasteiger partial charge in [-0.15, -0.1) is 0 Å². The first-order valence-electron chi connectivity index (χ1n) is 5.51. The zero-order valence-corrected chi connectivity index (χ0v) is 11.7. The topological polar surface area (TPSA) is 139 Å². The van der Waals surface area contributed by atoms with E-state index in [4.69, 9.17) is 10.8 Å². The number of carbonyl (C=O) groups excluding carboxylic acids is 1. The third-order valence-electron chi connectivity index (χ3n) is 2.46. The summed E-state index contributed by atoms with van der Waals surface area (Å²) in [5, 5.41) is 12.9. The molecule has 9 heteroatoms. The quantitative estimate of drug-likeness (QED) is 0.589. The molecule has 1 atom stereocenters. The average molecular weight is 301 g/mol. The van der Waals surface area contributed by atoms with Crippen LogP contribution in [0.4, 0.5) is 16.2 Å². The van der Waals surface area contributed by atoms with E-state index in [0.29, 0.717) is 0 Å². The minimum atomic E-state index is -3.52. The van der Waals surface area contributed by atoms with Gasteiger partial charge in [-0.1, -0.05) is 6.07 Å². The molecule has 0 saturated heterocycles. The molecule has 110 valence electrons. The zero-order chi connectivity index (χ0) is 15.5. The highest BCUT2D eigenvalue weighted by molar-refractivity contribution is 7.90. The van der Waals surface area contributed by atoms with Crippen molar-refractivity contribution in [2.24, 2.45) is 0 Å². The molecule has 0 spiro atoms. The Kier molecular flexibility index (Phi) is 4.56. The molecule has 0 heterocycles. The Morgan fingerprint density at radius 3 is 2.45 bits per heavy atom. The van der Waals surface area contributed by atoms with E-state index in [2.05, 4.69) is 5.32 Å². The van der Waals surface area contributed by atoms with Gasteiger partial charge in [0.15, 0.2) is 9.84 Å². The molecule has 0 aliphatic rings. The average Bonchev–Trinajstić information content (AvgIpc) is 2.29. The molecule has 0 aliphatic carbocycles. The Morgan fingerprint density at radius 2 is 1.95 bits per heavy atom. The van der Waals surface area contributed by atoms with Crippen molar-refractivity contribution in [2.75, 3.05) is 17.3 Å². The maximum absolute atomic E-state index is 11.7. The van der Waals surface area contributed by atoms with Gasteiger partial charge in [0.05, 0.1) is 16.3 Å². The molecule has 8 nitrogen and oxygen atoms in total. The number of benzene rings is 1. The summed E-state index contributed by atoms with van der Waals surface area (Å²) < 4.78 is 23.0. The highest BCUT2D eigenvalue weighted by Crippen LogP contribution is 2.26. The molecular weight excluding hydrogens is 286 g/mol. The number of para-hydroxylation sites is 1. The second-order valence-electron chi connectivity index (χ2n) is 4.15. The molecule has 0 fully saturated rings. The summed E-state index contributed by atoms with van der Waals surface area (Å²) >= 11 is 0. The van der Waals surface area contributed by atoms with Crippen molar-refractivity contribution < 1.29 is 23.1 Å². The molecule has 0 bridgehead atoms. The fourth-order valence-corrected chi connectivity index (χ4v) is 2.30. The number of rotatable bonds is 4. The molecule has 1 aromatic rings. The van der Waals surface area contributed by atoms with E-state index in [0.717, 1.165) is 6.26 Å². The Morgan fingerprint density at radius 1 is 1.35 bits per heavy atom. The van der Waals surface area contributed by atoms with Crippen LogP contribution in [0.1, 0.15) is 6.92 Å². The number of hydrogen-bond donors (Lipinski definition) is 4. The number of hydrogen-bond acceptors (Lipinski definition) is 5. The van der Waals surface area contributed by atoms with E-state index >= 15 is 0 Å². The molecule has 1 unspecified atom stereocenters. The van der Waals surface area contributed by atoms with Gasteiger partial charge in [0.25, 0.3) is 0 Å². The summed E-state index contributed by atoms with van der Waals surface area (Å²) in [7, 11) is -3.52. The van der Waals surface area contributed by atoms with Crippen molar-refractivity contribution in [2.45, 2.75) is 17.9 Å². The first-order valence-corrected chi connectivity index (χ1v) is 7.41. The molecular formula is C11H15N3O5S. The van der Waals surface area contributed by atoms with Gasteiger partial charge in [-0.05, 0) is 19.1 Å². The van der Waals surface area contributed by atoms with Crippen LogP contribution >= 0.6 is 0 Å². The molecule has 0 aromatic heterocycles. The number of sulfone groups is 1. The van der Waals surface area contributed by atoms with Gasteiger partial charge in [-0.3, -0.25) is 4.79 Å². The van der Waals surface area contributed by atoms with Gasteiger partial charge in [0.2, 0.25) is 5.91 Å². The van der Waals surface area contributed by atoms with Crippen LogP contribution in [-0.2, 0) is 14.6 Å². The lowest BCUT2D eigenvalue weighted by molar-refractivity contribution is -0.117. The molecule has 0 radical (unpaired) electrons. The summed E-state index contributed by atoms with van der Waals surface area (Å²) in [5.41, 5.74) is 5.71. The van der Waals surface area contributed by atoms with E-state index < -0.39 is 27.9 Å². The lowest BCUT2D eigenvalue weighted by atomic mass is 10.2. The minimum Gasteiger partial charge on any atom is -0.465 e. The highest BCUT2D eigenvalue weighted by atomic mass is 32.2. The minimum absolute atomic E-state index is 0.0918. The summed E-state index contributed by atoms with van der Waals surface area (Å²) in [4.78, 5) is 22.0. The summed E-state index contributed by atoms with van der Waals surface area (Å²) in [6, 6.07) is 3.17. The first-order chi connectivity index (χ1) is 9.12. The van der Waals surface area contributed by atoms with Gasteiger partial charge in [-0.2, -0.15) is 0 Å². The number of nitrogens with two attached hydrogens (primary N) is 1. The maximum Gasteiger partial charge on any atom is 0.405 e. The second-order valence-corrected chi connectivity index (χ2v) is 6.13. The lowest BCUT2D eigenvalue weighted by Crippen LogP contribution is -2.40. The molecule has 0 saturated carbocycles. The Bertz CT molecular complexity index is 641. The molecule has 1 aromatic carbocycles. The van der Waals surface area contributed by atoms with Crippen molar-refractivity contribution in [3.8, 4) is 0 Å². The fourth-order valence-electron chi connectivity index (χ4n) is 1.47. The number of carboxylic acid groups (broad SMARTS) is 1. The van der Waals surface area contributed by atoms with Crippen LogP contribution < -0.4 is 16.4 Å². The predicted molar refractivity (Wildman–Crippen MR) is 73.2 cm³/mol. The number of anilines is 2. The van der Waals surface area contributed by atoms with Crippen LogP contribution in [0.15, 0.2) is 23.1 Å².